The van der Waals surface area contributed by atoms with Crippen LogP contribution in [0.15, 0.2) is 35.0 Å². The van der Waals surface area contributed by atoms with E-state index < -0.39 is 0 Å². The zero-order chi connectivity index (χ0) is 19.1. The summed E-state index contributed by atoms with van der Waals surface area (Å²) in [6, 6.07) is 7.51. The van der Waals surface area contributed by atoms with Crippen molar-refractivity contribution in [2.75, 3.05) is 13.1 Å². The van der Waals surface area contributed by atoms with Crippen LogP contribution in [0.5, 0.6) is 0 Å². The molecule has 0 bridgehead atoms. The standard InChI is InChI=1S/C19H19ClN6O2/c20-14-3-1-2-12(8-14)9-17(27)25-7-6-15(10-25)26-11-16(22-24-26)19-21-18(23-28-19)13-4-5-13/h1-3,8,11,13,15H,4-7,9-10H2/t15-/m1/s1. The Kier molecular flexibility index (Phi) is 4.35. The van der Waals surface area contributed by atoms with Crippen molar-refractivity contribution in [3.05, 3.63) is 46.9 Å². The van der Waals surface area contributed by atoms with Crippen LogP contribution in [0.1, 0.15) is 42.6 Å². The van der Waals surface area contributed by atoms with E-state index in [2.05, 4.69) is 20.5 Å². The number of halogens is 1. The number of rotatable bonds is 5. The Balaban J connectivity index is 1.23. The molecule has 5 rings (SSSR count). The van der Waals surface area contributed by atoms with Crippen molar-refractivity contribution in [3.63, 3.8) is 0 Å². The predicted octanol–water partition coefficient (Wildman–Crippen LogP) is 2.88. The minimum Gasteiger partial charge on any atom is -0.340 e. The van der Waals surface area contributed by atoms with Gasteiger partial charge in [-0.3, -0.25) is 4.79 Å². The Morgan fingerprint density at radius 2 is 2.18 bits per heavy atom. The van der Waals surface area contributed by atoms with Crippen LogP contribution in [0, 0.1) is 0 Å². The van der Waals surface area contributed by atoms with Crippen molar-refractivity contribution in [1.82, 2.24) is 30.0 Å². The lowest BCUT2D eigenvalue weighted by atomic mass is 10.1. The zero-order valence-corrected chi connectivity index (χ0v) is 15.9. The normalized spacial score (nSPS) is 19.3. The van der Waals surface area contributed by atoms with Crippen molar-refractivity contribution in [2.45, 2.75) is 37.6 Å². The van der Waals surface area contributed by atoms with E-state index in [4.69, 9.17) is 16.1 Å². The maximum atomic E-state index is 12.6. The van der Waals surface area contributed by atoms with Crippen molar-refractivity contribution < 1.29 is 9.32 Å². The molecule has 9 heteroatoms. The highest BCUT2D eigenvalue weighted by Gasteiger charge is 2.31. The van der Waals surface area contributed by atoms with Crippen LogP contribution in [-0.2, 0) is 11.2 Å². The minimum atomic E-state index is 0.0929. The molecule has 2 aliphatic rings. The molecule has 0 radical (unpaired) electrons. The van der Waals surface area contributed by atoms with E-state index in [0.29, 0.717) is 42.0 Å². The second-order valence-electron chi connectivity index (χ2n) is 7.40. The van der Waals surface area contributed by atoms with Gasteiger partial charge in [-0.05, 0) is 37.0 Å². The topological polar surface area (TPSA) is 89.9 Å². The molecule has 1 saturated carbocycles. The zero-order valence-electron chi connectivity index (χ0n) is 15.2. The van der Waals surface area contributed by atoms with Crippen LogP contribution in [0.3, 0.4) is 0 Å². The number of carbonyl (C=O) groups is 1. The first kappa shape index (κ1) is 17.4. The lowest BCUT2D eigenvalue weighted by molar-refractivity contribution is -0.129. The SMILES string of the molecule is O=C(Cc1cccc(Cl)c1)N1CC[C@@H](n2cc(-c3nc(C4CC4)no3)nn2)C1. The molecule has 0 spiro atoms. The maximum Gasteiger partial charge on any atom is 0.280 e. The van der Waals surface area contributed by atoms with E-state index in [0.717, 1.165) is 30.7 Å². The quantitative estimate of drug-likeness (QED) is 0.656. The van der Waals surface area contributed by atoms with E-state index in [-0.39, 0.29) is 11.9 Å². The van der Waals surface area contributed by atoms with Crippen LogP contribution in [0.4, 0.5) is 0 Å². The van der Waals surface area contributed by atoms with Gasteiger partial charge < -0.3 is 9.42 Å². The third-order valence-corrected chi connectivity index (χ3v) is 5.48. The van der Waals surface area contributed by atoms with Crippen LogP contribution in [0.2, 0.25) is 5.02 Å². The molecular weight excluding hydrogens is 380 g/mol. The van der Waals surface area contributed by atoms with E-state index in [1.165, 1.54) is 0 Å². The summed E-state index contributed by atoms with van der Waals surface area (Å²) in [6.45, 7) is 1.31. The van der Waals surface area contributed by atoms with Crippen molar-refractivity contribution >= 4 is 17.5 Å². The number of amides is 1. The molecule has 3 heterocycles. The fourth-order valence-corrected chi connectivity index (χ4v) is 3.73. The number of nitrogens with zero attached hydrogens (tertiary/aromatic N) is 6. The maximum absolute atomic E-state index is 12.6. The third kappa shape index (κ3) is 3.52. The molecule has 1 saturated heterocycles. The number of carbonyl (C=O) groups excluding carboxylic acids is 1. The summed E-state index contributed by atoms with van der Waals surface area (Å²) in [6.07, 6.45) is 5.24. The summed E-state index contributed by atoms with van der Waals surface area (Å²) in [5.41, 5.74) is 1.50. The van der Waals surface area contributed by atoms with Gasteiger partial charge in [0.25, 0.3) is 5.89 Å². The lowest BCUT2D eigenvalue weighted by Crippen LogP contribution is -2.30. The minimum absolute atomic E-state index is 0.0929. The molecule has 1 amide bonds. The van der Waals surface area contributed by atoms with Gasteiger partial charge in [0, 0.05) is 24.0 Å². The molecule has 28 heavy (non-hydrogen) atoms. The van der Waals surface area contributed by atoms with Gasteiger partial charge in [-0.1, -0.05) is 34.1 Å². The second kappa shape index (κ2) is 7.01. The largest absolute Gasteiger partial charge is 0.340 e. The molecule has 2 aromatic heterocycles. The smallest absolute Gasteiger partial charge is 0.280 e. The number of aromatic nitrogens is 5. The molecule has 1 aromatic carbocycles. The van der Waals surface area contributed by atoms with E-state index >= 15 is 0 Å². The van der Waals surface area contributed by atoms with E-state index in [1.807, 2.05) is 29.3 Å². The molecule has 1 atom stereocenters. The van der Waals surface area contributed by atoms with Gasteiger partial charge in [-0.2, -0.15) is 4.98 Å². The Labute approximate surface area is 166 Å². The number of hydrogen-bond donors (Lipinski definition) is 0. The highest BCUT2D eigenvalue weighted by molar-refractivity contribution is 6.30. The Morgan fingerprint density at radius 3 is 3.00 bits per heavy atom. The fourth-order valence-electron chi connectivity index (χ4n) is 3.52. The highest BCUT2D eigenvalue weighted by atomic mass is 35.5. The van der Waals surface area contributed by atoms with Crippen LogP contribution < -0.4 is 0 Å². The first-order valence-electron chi connectivity index (χ1n) is 9.44. The van der Waals surface area contributed by atoms with Crippen molar-refractivity contribution in [3.8, 4) is 11.6 Å². The summed E-state index contributed by atoms with van der Waals surface area (Å²) in [5.74, 6) is 1.68. The summed E-state index contributed by atoms with van der Waals surface area (Å²) in [7, 11) is 0. The fraction of sp³-hybridized carbons (Fsp3) is 0.421. The van der Waals surface area contributed by atoms with Gasteiger partial charge in [0.1, 0.15) is 0 Å². The Morgan fingerprint density at radius 1 is 1.29 bits per heavy atom. The molecule has 0 N–H and O–H groups in total. The number of benzene rings is 1. The average Bonchev–Trinajstić information content (AvgIpc) is 3.12. The van der Waals surface area contributed by atoms with Gasteiger partial charge in [-0.25, -0.2) is 4.68 Å². The number of likely N-dealkylation sites (tertiary alicyclic amines) is 1. The van der Waals surface area contributed by atoms with Crippen molar-refractivity contribution in [2.24, 2.45) is 0 Å². The lowest BCUT2D eigenvalue weighted by Gasteiger charge is -2.16. The van der Waals surface area contributed by atoms with Gasteiger partial charge in [-0.15, -0.1) is 5.10 Å². The van der Waals surface area contributed by atoms with Gasteiger partial charge in [0.2, 0.25) is 5.91 Å². The molecule has 1 aliphatic carbocycles. The third-order valence-electron chi connectivity index (χ3n) is 5.25. The average molecular weight is 399 g/mol. The monoisotopic (exact) mass is 398 g/mol. The van der Waals surface area contributed by atoms with Gasteiger partial charge >= 0.3 is 0 Å². The molecule has 8 nitrogen and oxygen atoms in total. The molecule has 1 aliphatic heterocycles. The summed E-state index contributed by atoms with van der Waals surface area (Å²) < 4.78 is 7.11. The molecular formula is C19H19ClN6O2. The first-order chi connectivity index (χ1) is 13.7. The first-order valence-corrected chi connectivity index (χ1v) is 9.81. The highest BCUT2D eigenvalue weighted by Crippen LogP contribution is 2.38. The van der Waals surface area contributed by atoms with Crippen LogP contribution in [0.25, 0.3) is 11.6 Å². The van der Waals surface area contributed by atoms with Gasteiger partial charge in [0.15, 0.2) is 11.5 Å². The van der Waals surface area contributed by atoms with Crippen LogP contribution in [-0.4, -0.2) is 49.0 Å². The predicted molar refractivity (Wildman–Crippen MR) is 101 cm³/mol. The Hall–Kier alpha value is -2.74. The molecule has 2 fully saturated rings. The summed E-state index contributed by atoms with van der Waals surface area (Å²) in [5, 5.41) is 13.0. The molecule has 144 valence electrons. The Bertz CT molecular complexity index is 1010. The molecule has 0 unspecified atom stereocenters. The van der Waals surface area contributed by atoms with Crippen molar-refractivity contribution in [1.29, 1.82) is 0 Å². The van der Waals surface area contributed by atoms with E-state index in [9.17, 15) is 4.79 Å². The summed E-state index contributed by atoms with van der Waals surface area (Å²) in [4.78, 5) is 18.9. The summed E-state index contributed by atoms with van der Waals surface area (Å²) >= 11 is 6.01. The number of hydrogen-bond acceptors (Lipinski definition) is 6. The van der Waals surface area contributed by atoms with Gasteiger partial charge in [0.05, 0.1) is 18.7 Å². The van der Waals surface area contributed by atoms with Crippen LogP contribution >= 0.6 is 11.6 Å². The molecule has 3 aromatic rings. The van der Waals surface area contributed by atoms with E-state index in [1.54, 1.807) is 10.7 Å². The second-order valence-corrected chi connectivity index (χ2v) is 7.84.